The first-order valence-electron chi connectivity index (χ1n) is 11.0. The smallest absolute Gasteiger partial charge is 0.270 e. The molecule has 33 heavy (non-hydrogen) atoms. The van der Waals surface area contributed by atoms with Gasteiger partial charge in [0.05, 0.1) is 19.3 Å². The van der Waals surface area contributed by atoms with E-state index in [0.29, 0.717) is 30.7 Å². The van der Waals surface area contributed by atoms with E-state index in [1.165, 1.54) is 16.8 Å². The fourth-order valence-electron chi connectivity index (χ4n) is 4.25. The van der Waals surface area contributed by atoms with E-state index in [2.05, 4.69) is 11.2 Å². The molecule has 0 aliphatic heterocycles. The normalized spacial score (nSPS) is 10.9. The molecular formula is C28H27FN2O2. The van der Waals surface area contributed by atoms with Crippen LogP contribution < -0.4 is 10.3 Å². The van der Waals surface area contributed by atoms with E-state index in [1.807, 2.05) is 62.4 Å². The minimum absolute atomic E-state index is 0.139. The standard InChI is InChI=1S/C28H27FN2O2/c1-19-8-6-10-22(16-19)18-31-28(32)25(15-14-21-9-7-11-23(29)17-21)27(20(2)30-31)24-12-4-5-13-26(24)33-3/h4-13,16-17H,14-15,18H2,1-3H3. The van der Waals surface area contributed by atoms with Crippen molar-refractivity contribution in [2.24, 2.45) is 0 Å². The lowest BCUT2D eigenvalue weighted by Gasteiger charge is -2.17. The number of halogens is 1. The van der Waals surface area contributed by atoms with Gasteiger partial charge in [-0.2, -0.15) is 5.10 Å². The molecule has 0 bridgehead atoms. The zero-order valence-corrected chi connectivity index (χ0v) is 19.1. The van der Waals surface area contributed by atoms with Gasteiger partial charge in [0.1, 0.15) is 11.6 Å². The van der Waals surface area contributed by atoms with Crippen LogP contribution in [0.4, 0.5) is 4.39 Å². The molecule has 0 aliphatic carbocycles. The molecule has 0 atom stereocenters. The predicted molar refractivity (Wildman–Crippen MR) is 129 cm³/mol. The molecule has 0 saturated heterocycles. The first-order chi connectivity index (χ1) is 16.0. The molecule has 4 rings (SSSR count). The van der Waals surface area contributed by atoms with Crippen LogP contribution in [0.3, 0.4) is 0 Å². The first kappa shape index (κ1) is 22.5. The number of methoxy groups -OCH3 is 1. The van der Waals surface area contributed by atoms with Gasteiger partial charge in [0, 0.05) is 16.7 Å². The van der Waals surface area contributed by atoms with Gasteiger partial charge in [-0.3, -0.25) is 4.79 Å². The maximum absolute atomic E-state index is 13.7. The molecule has 0 aliphatic rings. The highest BCUT2D eigenvalue weighted by Crippen LogP contribution is 2.33. The van der Waals surface area contributed by atoms with Crippen molar-refractivity contribution in [3.63, 3.8) is 0 Å². The van der Waals surface area contributed by atoms with Crippen molar-refractivity contribution in [3.8, 4) is 16.9 Å². The maximum atomic E-state index is 13.7. The van der Waals surface area contributed by atoms with Crippen LogP contribution in [-0.2, 0) is 19.4 Å². The number of hydrogen-bond donors (Lipinski definition) is 0. The molecule has 1 heterocycles. The fraction of sp³-hybridized carbons (Fsp3) is 0.214. The number of nitrogens with zero attached hydrogens (tertiary/aromatic N) is 2. The van der Waals surface area contributed by atoms with Gasteiger partial charge in [-0.05, 0) is 56.0 Å². The average Bonchev–Trinajstić information content (AvgIpc) is 2.80. The molecule has 0 unspecified atom stereocenters. The second-order valence-corrected chi connectivity index (χ2v) is 8.22. The summed E-state index contributed by atoms with van der Waals surface area (Å²) in [6.45, 7) is 4.33. The molecule has 0 amide bonds. The summed E-state index contributed by atoms with van der Waals surface area (Å²) in [7, 11) is 1.62. The fourth-order valence-corrected chi connectivity index (χ4v) is 4.25. The van der Waals surface area contributed by atoms with E-state index in [1.54, 1.807) is 13.2 Å². The lowest BCUT2D eigenvalue weighted by atomic mass is 9.94. The molecule has 0 N–H and O–H groups in total. The largest absolute Gasteiger partial charge is 0.496 e. The summed E-state index contributed by atoms with van der Waals surface area (Å²) in [5.74, 6) is 0.408. The number of para-hydroxylation sites is 1. The maximum Gasteiger partial charge on any atom is 0.270 e. The average molecular weight is 443 g/mol. The third-order valence-corrected chi connectivity index (χ3v) is 5.77. The summed E-state index contributed by atoms with van der Waals surface area (Å²) in [6.07, 6.45) is 1.01. The predicted octanol–water partition coefficient (Wildman–Crippen LogP) is 5.51. The zero-order chi connectivity index (χ0) is 23.4. The van der Waals surface area contributed by atoms with E-state index in [4.69, 9.17) is 4.74 Å². The number of aromatic nitrogens is 2. The Morgan fingerprint density at radius 2 is 1.67 bits per heavy atom. The van der Waals surface area contributed by atoms with Crippen molar-refractivity contribution in [1.29, 1.82) is 0 Å². The van der Waals surface area contributed by atoms with Crippen molar-refractivity contribution in [2.45, 2.75) is 33.2 Å². The minimum atomic E-state index is -0.278. The van der Waals surface area contributed by atoms with E-state index < -0.39 is 0 Å². The molecule has 0 spiro atoms. The van der Waals surface area contributed by atoms with Crippen molar-refractivity contribution < 1.29 is 9.13 Å². The van der Waals surface area contributed by atoms with Gasteiger partial charge < -0.3 is 4.74 Å². The molecule has 3 aromatic carbocycles. The number of ether oxygens (including phenoxy) is 1. The van der Waals surface area contributed by atoms with Crippen LogP contribution in [0.2, 0.25) is 0 Å². The van der Waals surface area contributed by atoms with E-state index in [-0.39, 0.29) is 11.4 Å². The van der Waals surface area contributed by atoms with E-state index in [9.17, 15) is 9.18 Å². The Morgan fingerprint density at radius 1 is 0.909 bits per heavy atom. The number of aryl methyl sites for hydroxylation is 3. The molecule has 0 saturated carbocycles. The zero-order valence-electron chi connectivity index (χ0n) is 19.1. The Hall–Kier alpha value is -3.73. The molecule has 168 valence electrons. The summed E-state index contributed by atoms with van der Waals surface area (Å²) >= 11 is 0. The Kier molecular flexibility index (Phi) is 6.68. The van der Waals surface area contributed by atoms with Crippen LogP contribution >= 0.6 is 0 Å². The van der Waals surface area contributed by atoms with Crippen LogP contribution in [0, 0.1) is 19.7 Å². The van der Waals surface area contributed by atoms with Crippen LogP contribution in [0.1, 0.15) is 27.9 Å². The molecular weight excluding hydrogens is 415 g/mol. The van der Waals surface area contributed by atoms with Crippen molar-refractivity contribution in [2.75, 3.05) is 7.11 Å². The Bertz CT molecular complexity index is 1340. The van der Waals surface area contributed by atoms with Crippen LogP contribution in [0.15, 0.2) is 77.6 Å². The Morgan fingerprint density at radius 3 is 2.42 bits per heavy atom. The first-order valence-corrected chi connectivity index (χ1v) is 11.0. The second kappa shape index (κ2) is 9.82. The van der Waals surface area contributed by atoms with Gasteiger partial charge in [0.15, 0.2) is 0 Å². The van der Waals surface area contributed by atoms with Gasteiger partial charge in [0.25, 0.3) is 5.56 Å². The summed E-state index contributed by atoms with van der Waals surface area (Å²) in [4.78, 5) is 13.7. The van der Waals surface area contributed by atoms with Gasteiger partial charge in [-0.25, -0.2) is 9.07 Å². The molecule has 4 nitrogen and oxygen atoms in total. The summed E-state index contributed by atoms with van der Waals surface area (Å²) < 4.78 is 20.8. The Labute approximate surface area is 193 Å². The molecule has 1 aromatic heterocycles. The number of rotatable bonds is 7. The van der Waals surface area contributed by atoms with Crippen molar-refractivity contribution in [3.05, 3.63) is 117 Å². The number of benzene rings is 3. The minimum Gasteiger partial charge on any atom is -0.496 e. The highest BCUT2D eigenvalue weighted by Gasteiger charge is 2.19. The molecule has 0 radical (unpaired) electrons. The third kappa shape index (κ3) is 5.03. The molecule has 4 aromatic rings. The lowest BCUT2D eigenvalue weighted by Crippen LogP contribution is -2.29. The van der Waals surface area contributed by atoms with Gasteiger partial charge in [-0.1, -0.05) is 60.2 Å². The summed E-state index contributed by atoms with van der Waals surface area (Å²) in [5, 5.41) is 4.67. The third-order valence-electron chi connectivity index (χ3n) is 5.77. The van der Waals surface area contributed by atoms with Crippen LogP contribution in [-0.4, -0.2) is 16.9 Å². The highest BCUT2D eigenvalue weighted by molar-refractivity contribution is 5.75. The van der Waals surface area contributed by atoms with Gasteiger partial charge in [0.2, 0.25) is 0 Å². The highest BCUT2D eigenvalue weighted by atomic mass is 19.1. The van der Waals surface area contributed by atoms with Crippen molar-refractivity contribution in [1.82, 2.24) is 9.78 Å². The topological polar surface area (TPSA) is 44.1 Å². The van der Waals surface area contributed by atoms with E-state index >= 15 is 0 Å². The summed E-state index contributed by atoms with van der Waals surface area (Å²) in [6, 6.07) is 22.2. The lowest BCUT2D eigenvalue weighted by molar-refractivity contribution is 0.416. The van der Waals surface area contributed by atoms with Crippen LogP contribution in [0.5, 0.6) is 5.75 Å². The quantitative estimate of drug-likeness (QED) is 0.379. The van der Waals surface area contributed by atoms with Crippen LogP contribution in [0.25, 0.3) is 11.1 Å². The van der Waals surface area contributed by atoms with Gasteiger partial charge in [-0.15, -0.1) is 0 Å². The molecule has 0 fully saturated rings. The number of hydrogen-bond acceptors (Lipinski definition) is 3. The van der Waals surface area contributed by atoms with Gasteiger partial charge >= 0.3 is 0 Å². The molecule has 5 heteroatoms. The monoisotopic (exact) mass is 442 g/mol. The second-order valence-electron chi connectivity index (χ2n) is 8.22. The van der Waals surface area contributed by atoms with Crippen molar-refractivity contribution >= 4 is 0 Å². The van der Waals surface area contributed by atoms with E-state index in [0.717, 1.165) is 33.5 Å². The summed E-state index contributed by atoms with van der Waals surface area (Å²) in [5.41, 5.74) is 5.89. The SMILES string of the molecule is COc1ccccc1-c1c(C)nn(Cc2cccc(C)c2)c(=O)c1CCc1cccc(F)c1. The Balaban J connectivity index is 1.83.